The molecule has 0 aliphatic heterocycles. The number of hydrogen-bond acceptors (Lipinski definition) is 3. The Balaban J connectivity index is -0.00000116. The molecule has 0 rings (SSSR count). The van der Waals surface area contributed by atoms with Gasteiger partial charge in [-0.3, -0.25) is 0 Å². The van der Waals surface area contributed by atoms with Crippen LogP contribution < -0.4 is 6.15 Å². The second-order valence-electron chi connectivity index (χ2n) is 8.61. The molecule has 31 heavy (non-hydrogen) atoms. The van der Waals surface area contributed by atoms with Crippen molar-refractivity contribution in [3.8, 4) is 0 Å². The number of unbranched alkanes of at least 4 members (excludes halogenated alkanes) is 15. The third kappa shape index (κ3) is 34.5. The van der Waals surface area contributed by atoms with Crippen molar-refractivity contribution < 1.29 is 14.6 Å². The highest BCUT2D eigenvalue weighted by molar-refractivity contribution is 7.57. The highest BCUT2D eigenvalue weighted by Crippen LogP contribution is 2.39. The van der Waals surface area contributed by atoms with Crippen molar-refractivity contribution >= 4 is 14.1 Å². The largest absolute Gasteiger partial charge is 0.505 e. The van der Waals surface area contributed by atoms with Crippen molar-refractivity contribution in [1.29, 1.82) is 0 Å². The van der Waals surface area contributed by atoms with Gasteiger partial charge in [0.2, 0.25) is 0 Å². The Morgan fingerprint density at radius 1 is 0.581 bits per heavy atom. The summed E-state index contributed by atoms with van der Waals surface area (Å²) in [5.41, 5.74) is 0. The van der Waals surface area contributed by atoms with Crippen LogP contribution in [0.15, 0.2) is 0 Å². The number of ether oxygens (including phenoxy) is 1. The first-order valence-electron chi connectivity index (χ1n) is 13.1. The number of carboxylic acid groups (broad SMARTS) is 1. The van der Waals surface area contributed by atoms with Gasteiger partial charge in [0.05, 0.1) is 7.11 Å². The number of methoxy groups -OCH3 is 1. The van der Waals surface area contributed by atoms with Crippen LogP contribution in [0.25, 0.3) is 0 Å². The predicted molar refractivity (Wildman–Crippen MR) is 142 cm³/mol. The van der Waals surface area contributed by atoms with E-state index in [9.17, 15) is 0 Å². The van der Waals surface area contributed by atoms with E-state index in [1.807, 2.05) is 0 Å². The fourth-order valence-electron chi connectivity index (χ4n) is 3.68. The number of hydrogen-bond donors (Lipinski definition) is 2. The van der Waals surface area contributed by atoms with E-state index in [1.54, 1.807) is 18.5 Å². The Hall–Kier alpha value is -0.340. The van der Waals surface area contributed by atoms with Gasteiger partial charge in [0, 0.05) is 0 Å². The van der Waals surface area contributed by atoms with Crippen LogP contribution in [0.5, 0.6) is 0 Å². The van der Waals surface area contributed by atoms with Gasteiger partial charge in [-0.05, 0) is 37.7 Å². The summed E-state index contributed by atoms with van der Waals surface area (Å²) in [6.45, 7) is 6.96. The van der Waals surface area contributed by atoms with Gasteiger partial charge < -0.3 is 16.0 Å². The molecule has 0 unspecified atom stereocenters. The van der Waals surface area contributed by atoms with Crippen molar-refractivity contribution in [2.24, 2.45) is 0 Å². The molecule has 0 bridgehead atoms. The molecule has 4 N–H and O–H groups in total. The standard InChI is InChI=1S/C24H51P.C2H4O3.H3N/c1-4-7-10-13-16-19-22-25(23-20-17-14-11-8-5-2)24-21-18-15-12-9-6-3;1-5-2(3)4;/h4-24H2,1-3H3;1H3,(H,3,4);1H3. The molecule has 0 saturated heterocycles. The highest BCUT2D eigenvalue weighted by Gasteiger charge is 2.07. The van der Waals surface area contributed by atoms with Gasteiger partial charge in [-0.1, -0.05) is 117 Å². The van der Waals surface area contributed by atoms with E-state index in [-0.39, 0.29) is 6.15 Å². The molecule has 5 heteroatoms. The van der Waals surface area contributed by atoms with Crippen molar-refractivity contribution in [2.75, 3.05) is 25.6 Å². The molecule has 0 fully saturated rings. The molecule has 0 aromatic carbocycles. The van der Waals surface area contributed by atoms with E-state index in [4.69, 9.17) is 9.90 Å². The Bertz CT molecular complexity index is 292. The first-order valence-corrected chi connectivity index (χ1v) is 15.0. The van der Waals surface area contributed by atoms with Crippen LogP contribution in [0, 0.1) is 0 Å². The second kappa shape index (κ2) is 31.8. The Morgan fingerprint density at radius 3 is 1.03 bits per heavy atom. The maximum atomic E-state index is 9.15. The molecule has 190 valence electrons. The van der Waals surface area contributed by atoms with E-state index in [0.717, 1.165) is 7.11 Å². The zero-order chi connectivity index (χ0) is 22.7. The van der Waals surface area contributed by atoms with E-state index in [0.29, 0.717) is 7.92 Å². The molecule has 0 aromatic heterocycles. The molecular weight excluding hydrogens is 405 g/mol. The monoisotopic (exact) mass is 463 g/mol. The van der Waals surface area contributed by atoms with Crippen molar-refractivity contribution in [3.05, 3.63) is 0 Å². The predicted octanol–water partition coefficient (Wildman–Crippen LogP) is 10.0. The van der Waals surface area contributed by atoms with Gasteiger partial charge in [-0.25, -0.2) is 4.79 Å². The summed E-state index contributed by atoms with van der Waals surface area (Å²) in [6, 6.07) is 0. The average Bonchev–Trinajstić information content (AvgIpc) is 2.75. The molecule has 0 saturated carbocycles. The Kier molecular flexibility index (Phi) is 36.2. The maximum absolute atomic E-state index is 9.15. The molecule has 0 aliphatic carbocycles. The quantitative estimate of drug-likeness (QED) is 0.101. The van der Waals surface area contributed by atoms with Crippen LogP contribution in [0.3, 0.4) is 0 Å². The van der Waals surface area contributed by atoms with Gasteiger partial charge in [-0.2, -0.15) is 0 Å². The van der Waals surface area contributed by atoms with Crippen molar-refractivity contribution in [3.63, 3.8) is 0 Å². The molecule has 0 atom stereocenters. The van der Waals surface area contributed by atoms with Crippen LogP contribution >= 0.6 is 7.92 Å². The SMILES string of the molecule is CCCCCCCCP(CCCCCCCC)CCCCCCCC.COC(=O)O.N. The third-order valence-electron chi connectivity index (χ3n) is 5.66. The van der Waals surface area contributed by atoms with Gasteiger partial charge in [0.25, 0.3) is 0 Å². The van der Waals surface area contributed by atoms with Crippen LogP contribution in [0.4, 0.5) is 4.79 Å². The molecular formula is C26H58NO3P. The fraction of sp³-hybridized carbons (Fsp3) is 0.962. The van der Waals surface area contributed by atoms with Crippen LogP contribution in [-0.4, -0.2) is 36.9 Å². The van der Waals surface area contributed by atoms with E-state index in [2.05, 4.69) is 25.5 Å². The highest BCUT2D eigenvalue weighted by atomic mass is 31.1. The molecule has 0 radical (unpaired) electrons. The summed E-state index contributed by atoms with van der Waals surface area (Å²) in [6.07, 6.45) is 30.0. The number of carbonyl (C=O) groups is 1. The number of rotatable bonds is 21. The van der Waals surface area contributed by atoms with E-state index >= 15 is 0 Å². The Morgan fingerprint density at radius 2 is 0.806 bits per heavy atom. The van der Waals surface area contributed by atoms with Crippen LogP contribution in [-0.2, 0) is 4.74 Å². The summed E-state index contributed by atoms with van der Waals surface area (Å²) < 4.78 is 3.67. The zero-order valence-electron chi connectivity index (χ0n) is 21.8. The van der Waals surface area contributed by atoms with Crippen LogP contribution in [0.1, 0.15) is 136 Å². The summed E-state index contributed by atoms with van der Waals surface area (Å²) in [7, 11) is 1.47. The van der Waals surface area contributed by atoms with Crippen molar-refractivity contribution in [1.82, 2.24) is 6.15 Å². The third-order valence-corrected chi connectivity index (χ3v) is 8.50. The van der Waals surface area contributed by atoms with Gasteiger partial charge >= 0.3 is 6.16 Å². The van der Waals surface area contributed by atoms with E-state index < -0.39 is 6.16 Å². The lowest BCUT2D eigenvalue weighted by Gasteiger charge is -2.18. The normalized spacial score (nSPS) is 10.4. The zero-order valence-corrected chi connectivity index (χ0v) is 22.7. The molecule has 0 heterocycles. The first-order chi connectivity index (χ1) is 14.6. The summed E-state index contributed by atoms with van der Waals surface area (Å²) in [5.74, 6) is 0. The lowest BCUT2D eigenvalue weighted by molar-refractivity contribution is 0.114. The minimum atomic E-state index is -1.25. The summed E-state index contributed by atoms with van der Waals surface area (Å²) in [4.78, 5) is 9.15. The molecule has 0 amide bonds. The summed E-state index contributed by atoms with van der Waals surface area (Å²) >= 11 is 0. The topological polar surface area (TPSA) is 81.5 Å². The minimum absolute atomic E-state index is 0. The molecule has 0 spiro atoms. The van der Waals surface area contributed by atoms with E-state index in [1.165, 1.54) is 116 Å². The lowest BCUT2D eigenvalue weighted by Crippen LogP contribution is -1.97. The van der Waals surface area contributed by atoms with Gasteiger partial charge in [-0.15, -0.1) is 7.92 Å². The lowest BCUT2D eigenvalue weighted by atomic mass is 10.1. The molecule has 4 nitrogen and oxygen atoms in total. The minimum Gasteiger partial charge on any atom is -0.450 e. The van der Waals surface area contributed by atoms with Crippen LogP contribution in [0.2, 0.25) is 0 Å². The van der Waals surface area contributed by atoms with Gasteiger partial charge in [0.15, 0.2) is 0 Å². The molecule has 0 aromatic rings. The Labute approximate surface area is 197 Å². The summed E-state index contributed by atoms with van der Waals surface area (Å²) in [5, 5.41) is 7.50. The second-order valence-corrected chi connectivity index (χ2v) is 11.3. The van der Waals surface area contributed by atoms with Crippen molar-refractivity contribution in [2.45, 2.75) is 136 Å². The maximum Gasteiger partial charge on any atom is 0.505 e. The molecule has 0 aliphatic rings. The smallest absolute Gasteiger partial charge is 0.450 e. The first kappa shape index (κ1) is 35.3. The van der Waals surface area contributed by atoms with Gasteiger partial charge in [0.1, 0.15) is 0 Å². The fourth-order valence-corrected chi connectivity index (χ4v) is 6.37. The average molecular weight is 464 g/mol.